The van der Waals surface area contributed by atoms with Crippen LogP contribution in [0.4, 0.5) is 0 Å². The molecule has 0 bridgehead atoms. The molecule has 0 saturated heterocycles. The third-order valence-corrected chi connectivity index (χ3v) is 5.45. The second-order valence-corrected chi connectivity index (χ2v) is 7.58. The van der Waals surface area contributed by atoms with Crippen LogP contribution >= 0.6 is 11.6 Å². The van der Waals surface area contributed by atoms with Crippen molar-refractivity contribution in [1.29, 1.82) is 0 Å². The summed E-state index contributed by atoms with van der Waals surface area (Å²) in [5.74, 6) is -1.54. The number of carbonyl (C=O) groups excluding carboxylic acids is 1. The van der Waals surface area contributed by atoms with E-state index in [1.807, 2.05) is 60.7 Å². The normalized spacial score (nSPS) is 11.7. The molecular formula is C25H24ClNO3. The largest absolute Gasteiger partial charge is 0.478 e. The SMILES string of the molecule is CCC[C@@H](NC(=O)c1c(C)cc(-c2ccccc2)c(C(=O)O)c1Cl)c1ccccc1. The number of nitrogens with one attached hydrogen (secondary N) is 1. The van der Waals surface area contributed by atoms with Gasteiger partial charge >= 0.3 is 5.97 Å². The van der Waals surface area contributed by atoms with Gasteiger partial charge in [0, 0.05) is 0 Å². The lowest BCUT2D eigenvalue weighted by Crippen LogP contribution is -2.29. The highest BCUT2D eigenvalue weighted by molar-refractivity contribution is 6.37. The van der Waals surface area contributed by atoms with E-state index >= 15 is 0 Å². The van der Waals surface area contributed by atoms with Crippen molar-refractivity contribution >= 4 is 23.5 Å². The molecule has 0 aliphatic heterocycles. The standard InChI is InChI=1S/C25H24ClNO3/c1-3-10-20(18-13-8-5-9-14-18)27-24(28)21-16(2)15-19(17-11-6-4-7-12-17)22(23(21)26)25(29)30/h4-9,11-15,20H,3,10H2,1-2H3,(H,27,28)(H,29,30)/t20-/m1/s1. The van der Waals surface area contributed by atoms with Crippen molar-refractivity contribution in [3.8, 4) is 11.1 Å². The molecule has 0 spiro atoms. The molecule has 1 atom stereocenters. The van der Waals surface area contributed by atoms with Crippen LogP contribution in [0.5, 0.6) is 0 Å². The number of aryl methyl sites for hydroxylation is 1. The molecule has 3 aromatic carbocycles. The lowest BCUT2D eigenvalue weighted by atomic mass is 9.93. The Morgan fingerprint density at radius 1 is 1.00 bits per heavy atom. The van der Waals surface area contributed by atoms with Gasteiger partial charge in [0.25, 0.3) is 5.91 Å². The summed E-state index contributed by atoms with van der Waals surface area (Å²) >= 11 is 6.52. The summed E-state index contributed by atoms with van der Waals surface area (Å²) in [6.45, 7) is 3.83. The summed E-state index contributed by atoms with van der Waals surface area (Å²) < 4.78 is 0. The molecule has 0 aromatic heterocycles. The fraction of sp³-hybridized carbons (Fsp3) is 0.200. The molecule has 0 unspecified atom stereocenters. The molecule has 0 aliphatic rings. The van der Waals surface area contributed by atoms with E-state index in [1.54, 1.807) is 13.0 Å². The Morgan fingerprint density at radius 2 is 1.60 bits per heavy atom. The molecule has 0 radical (unpaired) electrons. The van der Waals surface area contributed by atoms with E-state index in [0.29, 0.717) is 11.1 Å². The van der Waals surface area contributed by atoms with Crippen LogP contribution in [0.1, 0.15) is 57.7 Å². The molecule has 30 heavy (non-hydrogen) atoms. The van der Waals surface area contributed by atoms with E-state index in [9.17, 15) is 14.7 Å². The van der Waals surface area contributed by atoms with Gasteiger partial charge in [-0.25, -0.2) is 4.79 Å². The van der Waals surface area contributed by atoms with Crippen LogP contribution in [0.3, 0.4) is 0 Å². The van der Waals surface area contributed by atoms with Gasteiger partial charge in [0.15, 0.2) is 0 Å². The van der Waals surface area contributed by atoms with Gasteiger partial charge in [0.2, 0.25) is 0 Å². The minimum atomic E-state index is -1.17. The molecule has 2 N–H and O–H groups in total. The fourth-order valence-electron chi connectivity index (χ4n) is 3.64. The minimum Gasteiger partial charge on any atom is -0.478 e. The van der Waals surface area contributed by atoms with Crippen LogP contribution < -0.4 is 5.32 Å². The van der Waals surface area contributed by atoms with Gasteiger partial charge in [-0.1, -0.05) is 85.6 Å². The topological polar surface area (TPSA) is 66.4 Å². The van der Waals surface area contributed by atoms with Crippen molar-refractivity contribution in [1.82, 2.24) is 5.32 Å². The summed E-state index contributed by atoms with van der Waals surface area (Å²) in [4.78, 5) is 25.2. The Hall–Kier alpha value is -3.11. The van der Waals surface area contributed by atoms with Gasteiger partial charge in [-0.2, -0.15) is 0 Å². The first-order valence-corrected chi connectivity index (χ1v) is 10.3. The molecule has 3 aromatic rings. The first kappa shape index (κ1) is 21.6. The van der Waals surface area contributed by atoms with E-state index < -0.39 is 5.97 Å². The molecule has 0 saturated carbocycles. The lowest BCUT2D eigenvalue weighted by Gasteiger charge is -2.21. The number of halogens is 1. The Morgan fingerprint density at radius 3 is 2.17 bits per heavy atom. The summed E-state index contributed by atoms with van der Waals surface area (Å²) in [5, 5.41) is 12.8. The summed E-state index contributed by atoms with van der Waals surface area (Å²) in [6, 6.07) is 20.4. The van der Waals surface area contributed by atoms with Crippen molar-refractivity contribution in [2.45, 2.75) is 32.7 Å². The highest BCUT2D eigenvalue weighted by atomic mass is 35.5. The highest BCUT2D eigenvalue weighted by Crippen LogP contribution is 2.35. The van der Waals surface area contributed by atoms with Crippen molar-refractivity contribution in [2.24, 2.45) is 0 Å². The molecule has 154 valence electrons. The van der Waals surface area contributed by atoms with Crippen LogP contribution in [0.25, 0.3) is 11.1 Å². The average Bonchev–Trinajstić information content (AvgIpc) is 2.74. The van der Waals surface area contributed by atoms with Gasteiger partial charge in [0.05, 0.1) is 22.2 Å². The third-order valence-electron chi connectivity index (χ3n) is 5.07. The average molecular weight is 422 g/mol. The van der Waals surface area contributed by atoms with Crippen LogP contribution in [0.15, 0.2) is 66.7 Å². The molecule has 5 heteroatoms. The molecular weight excluding hydrogens is 398 g/mol. The molecule has 0 fully saturated rings. The summed E-state index contributed by atoms with van der Waals surface area (Å²) in [5.41, 5.74) is 3.00. The zero-order valence-electron chi connectivity index (χ0n) is 17.0. The van der Waals surface area contributed by atoms with Crippen LogP contribution in [0, 0.1) is 6.92 Å². The van der Waals surface area contributed by atoms with Crippen LogP contribution in [-0.2, 0) is 0 Å². The van der Waals surface area contributed by atoms with E-state index in [4.69, 9.17) is 11.6 Å². The van der Waals surface area contributed by atoms with Crippen LogP contribution in [0.2, 0.25) is 5.02 Å². The third kappa shape index (κ3) is 4.55. The van der Waals surface area contributed by atoms with Gasteiger partial charge < -0.3 is 10.4 Å². The number of rotatable bonds is 7. The first-order valence-electron chi connectivity index (χ1n) is 9.91. The molecule has 4 nitrogen and oxygen atoms in total. The number of hydrogen-bond acceptors (Lipinski definition) is 2. The number of hydrogen-bond donors (Lipinski definition) is 2. The van der Waals surface area contributed by atoms with E-state index in [-0.39, 0.29) is 28.1 Å². The van der Waals surface area contributed by atoms with E-state index in [0.717, 1.165) is 24.0 Å². The Kier molecular flexibility index (Phi) is 6.91. The fourth-order valence-corrected chi connectivity index (χ4v) is 4.05. The van der Waals surface area contributed by atoms with E-state index in [2.05, 4.69) is 12.2 Å². The zero-order chi connectivity index (χ0) is 21.7. The van der Waals surface area contributed by atoms with Crippen molar-refractivity contribution in [3.05, 3.63) is 94.0 Å². The maximum Gasteiger partial charge on any atom is 0.337 e. The Labute approximate surface area is 181 Å². The molecule has 0 heterocycles. The summed E-state index contributed by atoms with van der Waals surface area (Å²) in [6.07, 6.45) is 1.65. The van der Waals surface area contributed by atoms with Gasteiger partial charge in [-0.15, -0.1) is 0 Å². The first-order chi connectivity index (χ1) is 14.4. The minimum absolute atomic E-state index is 0.0397. The highest BCUT2D eigenvalue weighted by Gasteiger charge is 2.26. The van der Waals surface area contributed by atoms with Crippen molar-refractivity contribution < 1.29 is 14.7 Å². The zero-order valence-corrected chi connectivity index (χ0v) is 17.7. The predicted molar refractivity (Wildman–Crippen MR) is 120 cm³/mol. The number of aromatic carboxylic acids is 1. The molecule has 0 aliphatic carbocycles. The number of carboxylic acids is 1. The Balaban J connectivity index is 2.04. The number of benzene rings is 3. The number of carbonyl (C=O) groups is 2. The predicted octanol–water partition coefficient (Wildman–Crippen LogP) is 6.28. The maximum absolute atomic E-state index is 13.2. The molecule has 1 amide bonds. The molecule has 3 rings (SSSR count). The summed E-state index contributed by atoms with van der Waals surface area (Å²) in [7, 11) is 0. The number of amides is 1. The smallest absolute Gasteiger partial charge is 0.337 e. The van der Waals surface area contributed by atoms with Crippen molar-refractivity contribution in [2.75, 3.05) is 0 Å². The Bertz CT molecular complexity index is 1050. The number of carboxylic acid groups (broad SMARTS) is 1. The second kappa shape index (κ2) is 9.59. The van der Waals surface area contributed by atoms with Crippen LogP contribution in [-0.4, -0.2) is 17.0 Å². The van der Waals surface area contributed by atoms with Gasteiger partial charge in [-0.05, 0) is 41.7 Å². The van der Waals surface area contributed by atoms with E-state index in [1.165, 1.54) is 0 Å². The maximum atomic E-state index is 13.2. The van der Waals surface area contributed by atoms with Crippen molar-refractivity contribution in [3.63, 3.8) is 0 Å². The van der Waals surface area contributed by atoms with Gasteiger partial charge in [-0.3, -0.25) is 4.79 Å². The second-order valence-electron chi connectivity index (χ2n) is 7.20. The van der Waals surface area contributed by atoms with Gasteiger partial charge in [0.1, 0.15) is 0 Å². The quantitative estimate of drug-likeness (QED) is 0.471. The lowest BCUT2D eigenvalue weighted by molar-refractivity contribution is 0.0698. The monoisotopic (exact) mass is 421 g/mol.